The molecule has 114 valence electrons. The second-order valence-electron chi connectivity index (χ2n) is 6.03. The van der Waals surface area contributed by atoms with Gasteiger partial charge in [-0.05, 0) is 25.3 Å². The monoisotopic (exact) mass is 290 g/mol. The summed E-state index contributed by atoms with van der Waals surface area (Å²) in [5.74, 6) is 0.143. The number of amides is 2. The first-order valence-electron chi connectivity index (χ1n) is 7.69. The molecule has 1 aromatic rings. The second kappa shape index (κ2) is 5.50. The van der Waals surface area contributed by atoms with Crippen LogP contribution in [0.5, 0.6) is 0 Å². The van der Waals surface area contributed by atoms with E-state index in [0.717, 1.165) is 25.8 Å². The Morgan fingerprint density at radius 1 is 1.38 bits per heavy atom. The molecule has 3 saturated heterocycles. The minimum atomic E-state index is -0.0414. The Bertz CT molecular complexity index is 554. The largest absolute Gasteiger partial charge is 0.341 e. The van der Waals surface area contributed by atoms with Gasteiger partial charge in [-0.25, -0.2) is 0 Å². The van der Waals surface area contributed by atoms with E-state index in [2.05, 4.69) is 12.0 Å². The molecule has 0 saturated carbocycles. The number of rotatable bonds is 3. The van der Waals surface area contributed by atoms with Crippen molar-refractivity contribution in [1.82, 2.24) is 19.6 Å². The van der Waals surface area contributed by atoms with Crippen LogP contribution in [0.2, 0.25) is 0 Å². The number of aryl methyl sites for hydroxylation is 1. The Kier molecular flexibility index (Phi) is 3.69. The third-order valence-corrected chi connectivity index (χ3v) is 4.62. The second-order valence-corrected chi connectivity index (χ2v) is 6.03. The van der Waals surface area contributed by atoms with E-state index in [1.165, 1.54) is 0 Å². The van der Waals surface area contributed by atoms with Crippen molar-refractivity contribution in [1.29, 1.82) is 0 Å². The molecule has 0 spiro atoms. The van der Waals surface area contributed by atoms with Crippen LogP contribution < -0.4 is 0 Å². The van der Waals surface area contributed by atoms with E-state index >= 15 is 0 Å². The first kappa shape index (κ1) is 14.1. The Morgan fingerprint density at radius 2 is 2.19 bits per heavy atom. The first-order valence-corrected chi connectivity index (χ1v) is 7.69. The van der Waals surface area contributed by atoms with E-state index < -0.39 is 0 Å². The zero-order chi connectivity index (χ0) is 15.0. The number of nitrogens with zero attached hydrogens (tertiary/aromatic N) is 4. The summed E-state index contributed by atoms with van der Waals surface area (Å²) in [5, 5.41) is 4.22. The van der Waals surface area contributed by atoms with Gasteiger partial charge in [0, 0.05) is 38.9 Å². The fourth-order valence-electron chi connectivity index (χ4n) is 3.39. The quantitative estimate of drug-likeness (QED) is 0.834. The molecule has 1 aromatic heterocycles. The molecule has 4 heterocycles. The molecule has 3 fully saturated rings. The lowest BCUT2D eigenvalue weighted by molar-refractivity contribution is -0.138. The summed E-state index contributed by atoms with van der Waals surface area (Å²) in [6.45, 7) is 3.98. The van der Waals surface area contributed by atoms with Gasteiger partial charge in [-0.1, -0.05) is 6.92 Å². The van der Waals surface area contributed by atoms with Crippen LogP contribution in [0.3, 0.4) is 0 Å². The van der Waals surface area contributed by atoms with Crippen LogP contribution in [0.25, 0.3) is 0 Å². The summed E-state index contributed by atoms with van der Waals surface area (Å²) >= 11 is 0. The molecule has 21 heavy (non-hydrogen) atoms. The van der Waals surface area contributed by atoms with Gasteiger partial charge in [-0.3, -0.25) is 14.3 Å². The number of hydrogen-bond donors (Lipinski definition) is 0. The molecule has 6 heteroatoms. The predicted octanol–water partition coefficient (Wildman–Crippen LogP) is 0.986. The molecule has 0 aliphatic carbocycles. The van der Waals surface area contributed by atoms with Gasteiger partial charge in [0.05, 0.1) is 5.92 Å². The smallest absolute Gasteiger partial charge is 0.272 e. The topological polar surface area (TPSA) is 58.4 Å². The van der Waals surface area contributed by atoms with E-state index in [1.807, 2.05) is 16.8 Å². The number of carbonyl (C=O) groups excluding carboxylic acids is 2. The van der Waals surface area contributed by atoms with Crippen LogP contribution in [0, 0.1) is 5.92 Å². The fraction of sp³-hybridized carbons (Fsp3) is 0.667. The SMILES string of the molecule is CCCn1nccc1C(=O)N1C[C@@H]2CC[C@H](C1)N(C)C2=O. The van der Waals surface area contributed by atoms with Gasteiger partial charge < -0.3 is 9.80 Å². The highest BCUT2D eigenvalue weighted by Gasteiger charge is 2.40. The highest BCUT2D eigenvalue weighted by molar-refractivity contribution is 5.93. The predicted molar refractivity (Wildman–Crippen MR) is 77.7 cm³/mol. The minimum absolute atomic E-state index is 0.000880. The Morgan fingerprint density at radius 3 is 2.95 bits per heavy atom. The highest BCUT2D eigenvalue weighted by atomic mass is 16.2. The Balaban J connectivity index is 1.82. The van der Waals surface area contributed by atoms with Crippen LogP contribution in [0.4, 0.5) is 0 Å². The van der Waals surface area contributed by atoms with Crippen molar-refractivity contribution in [3.63, 3.8) is 0 Å². The molecule has 2 atom stereocenters. The molecule has 3 aliphatic rings. The summed E-state index contributed by atoms with van der Waals surface area (Å²) in [6.07, 6.45) is 4.50. The van der Waals surface area contributed by atoms with Crippen molar-refractivity contribution in [3.05, 3.63) is 18.0 Å². The summed E-state index contributed by atoms with van der Waals surface area (Å²) in [4.78, 5) is 28.6. The van der Waals surface area contributed by atoms with Crippen molar-refractivity contribution in [3.8, 4) is 0 Å². The standard InChI is InChI=1S/C15H22N4O2/c1-3-8-19-13(6-7-16-19)15(21)18-9-11-4-5-12(10-18)17(2)14(11)20/h6-7,11-12H,3-5,8-10H2,1-2H3/t11-,12+/m0/s1. The van der Waals surface area contributed by atoms with Gasteiger partial charge in [0.1, 0.15) is 5.69 Å². The third kappa shape index (κ3) is 2.43. The van der Waals surface area contributed by atoms with Crippen molar-refractivity contribution < 1.29 is 9.59 Å². The molecule has 4 rings (SSSR count). The maximum Gasteiger partial charge on any atom is 0.272 e. The molecule has 0 unspecified atom stereocenters. The van der Waals surface area contributed by atoms with E-state index in [9.17, 15) is 9.59 Å². The van der Waals surface area contributed by atoms with Gasteiger partial charge in [0.2, 0.25) is 5.91 Å². The molecule has 0 aromatic carbocycles. The summed E-state index contributed by atoms with van der Waals surface area (Å²) in [6, 6.07) is 1.93. The molecule has 0 N–H and O–H groups in total. The molecular formula is C15H22N4O2. The Hall–Kier alpha value is -1.85. The van der Waals surface area contributed by atoms with Gasteiger partial charge in [-0.2, -0.15) is 5.10 Å². The number of likely N-dealkylation sites (N-methyl/N-ethyl adjacent to an activating group) is 1. The fourth-order valence-corrected chi connectivity index (χ4v) is 3.39. The zero-order valence-corrected chi connectivity index (χ0v) is 12.7. The minimum Gasteiger partial charge on any atom is -0.341 e. The van der Waals surface area contributed by atoms with Gasteiger partial charge in [0.15, 0.2) is 0 Å². The van der Waals surface area contributed by atoms with E-state index in [4.69, 9.17) is 0 Å². The lowest BCUT2D eigenvalue weighted by Gasteiger charge is -2.32. The first-order chi connectivity index (χ1) is 10.1. The normalized spacial score (nSPS) is 25.3. The molecule has 6 nitrogen and oxygen atoms in total. The van der Waals surface area contributed by atoms with Crippen molar-refractivity contribution in [2.24, 2.45) is 5.92 Å². The number of piperidine rings is 1. The highest BCUT2D eigenvalue weighted by Crippen LogP contribution is 2.28. The molecular weight excluding hydrogens is 268 g/mol. The van der Waals surface area contributed by atoms with Gasteiger partial charge >= 0.3 is 0 Å². The van der Waals surface area contributed by atoms with E-state index in [-0.39, 0.29) is 23.8 Å². The lowest BCUT2D eigenvalue weighted by Crippen LogP contribution is -2.45. The zero-order valence-electron chi connectivity index (χ0n) is 12.7. The summed E-state index contributed by atoms with van der Waals surface area (Å²) < 4.78 is 1.76. The van der Waals surface area contributed by atoms with Crippen molar-refractivity contribution in [2.75, 3.05) is 20.1 Å². The number of hydrogen-bond acceptors (Lipinski definition) is 3. The maximum absolute atomic E-state index is 12.8. The van der Waals surface area contributed by atoms with Crippen molar-refractivity contribution >= 4 is 11.8 Å². The number of aromatic nitrogens is 2. The summed E-state index contributed by atoms with van der Waals surface area (Å²) in [5.41, 5.74) is 0.633. The Labute approximate surface area is 124 Å². The summed E-state index contributed by atoms with van der Waals surface area (Å²) in [7, 11) is 1.86. The van der Waals surface area contributed by atoms with Crippen LogP contribution in [-0.4, -0.2) is 57.6 Å². The van der Waals surface area contributed by atoms with E-state index in [1.54, 1.807) is 16.9 Å². The van der Waals surface area contributed by atoms with E-state index in [0.29, 0.717) is 18.8 Å². The molecule has 3 aliphatic heterocycles. The van der Waals surface area contributed by atoms with Crippen LogP contribution >= 0.6 is 0 Å². The number of fused-ring (bicyclic) bond motifs is 4. The van der Waals surface area contributed by atoms with Crippen LogP contribution in [0.15, 0.2) is 12.3 Å². The average molecular weight is 290 g/mol. The average Bonchev–Trinajstić information content (AvgIpc) is 2.77. The van der Waals surface area contributed by atoms with Crippen LogP contribution in [-0.2, 0) is 11.3 Å². The van der Waals surface area contributed by atoms with Crippen LogP contribution in [0.1, 0.15) is 36.7 Å². The third-order valence-electron chi connectivity index (χ3n) is 4.62. The maximum atomic E-state index is 12.8. The van der Waals surface area contributed by atoms with Gasteiger partial charge in [-0.15, -0.1) is 0 Å². The molecule has 2 bridgehead atoms. The molecule has 2 amide bonds. The van der Waals surface area contributed by atoms with Crippen molar-refractivity contribution in [2.45, 2.75) is 38.8 Å². The van der Waals surface area contributed by atoms with Gasteiger partial charge in [0.25, 0.3) is 5.91 Å². The number of carbonyl (C=O) groups is 2. The molecule has 0 radical (unpaired) electrons. The lowest BCUT2D eigenvalue weighted by atomic mass is 9.95.